The molecule has 0 aromatic carbocycles. The summed E-state index contributed by atoms with van der Waals surface area (Å²) in [5, 5.41) is 0. The van der Waals surface area contributed by atoms with Crippen molar-refractivity contribution in [1.82, 2.24) is 15.0 Å². The third-order valence-electron chi connectivity index (χ3n) is 2.30. The third kappa shape index (κ3) is 3.42. The van der Waals surface area contributed by atoms with Gasteiger partial charge < -0.3 is 9.80 Å². The van der Waals surface area contributed by atoms with Crippen molar-refractivity contribution in [2.45, 2.75) is 20.3 Å². The molecule has 1 aromatic rings. The van der Waals surface area contributed by atoms with Crippen molar-refractivity contribution in [3.8, 4) is 0 Å². The fourth-order valence-corrected chi connectivity index (χ4v) is 1.43. The Balaban J connectivity index is 3.08. The average molecular weight is 239 g/mol. The van der Waals surface area contributed by atoms with Crippen LogP contribution in [0, 0.1) is 0 Å². The van der Waals surface area contributed by atoms with Gasteiger partial charge in [-0.15, -0.1) is 0 Å². The molecule has 0 aliphatic rings. The molecule has 0 radical (unpaired) electrons. The van der Waals surface area contributed by atoms with Crippen molar-refractivity contribution in [2.75, 3.05) is 42.4 Å². The van der Waals surface area contributed by atoms with E-state index >= 15 is 0 Å². The third-order valence-corrected chi connectivity index (χ3v) is 2.30. The first-order valence-corrected chi connectivity index (χ1v) is 5.77. The van der Waals surface area contributed by atoms with Crippen LogP contribution in [-0.2, 0) is 0 Å². The van der Waals surface area contributed by atoms with Crippen molar-refractivity contribution < 1.29 is 0 Å². The fourth-order valence-electron chi connectivity index (χ4n) is 1.43. The first-order valence-electron chi connectivity index (χ1n) is 5.77. The summed E-state index contributed by atoms with van der Waals surface area (Å²) in [6.45, 7) is 5.97. The Morgan fingerprint density at radius 3 is 2.24 bits per heavy atom. The molecule has 0 fully saturated rings. The quantitative estimate of drug-likeness (QED) is 0.551. The Hall–Kier alpha value is -1.63. The van der Waals surface area contributed by atoms with Crippen LogP contribution in [-0.4, -0.2) is 42.1 Å². The Bertz CT molecular complexity index is 353. The lowest BCUT2D eigenvalue weighted by Gasteiger charge is -2.21. The molecule has 0 aliphatic heterocycles. The molecule has 1 aromatic heterocycles. The molecule has 0 atom stereocenters. The summed E-state index contributed by atoms with van der Waals surface area (Å²) in [6.07, 6.45) is 1.04. The molecule has 96 valence electrons. The number of hydrogen-bond donors (Lipinski definition) is 2. The lowest BCUT2D eigenvalue weighted by atomic mass is 10.4. The summed E-state index contributed by atoms with van der Waals surface area (Å²) < 4.78 is 0. The minimum Gasteiger partial charge on any atom is -0.347 e. The van der Waals surface area contributed by atoms with E-state index in [9.17, 15) is 0 Å². The van der Waals surface area contributed by atoms with Crippen LogP contribution in [0.15, 0.2) is 0 Å². The number of hydrogen-bond acceptors (Lipinski definition) is 7. The Labute approximate surface area is 102 Å². The first-order chi connectivity index (χ1) is 8.12. The maximum absolute atomic E-state index is 5.36. The summed E-state index contributed by atoms with van der Waals surface area (Å²) in [7, 11) is 3.77. The highest BCUT2D eigenvalue weighted by atomic mass is 15.4. The summed E-state index contributed by atoms with van der Waals surface area (Å²) in [5.41, 5.74) is 2.47. The molecule has 0 amide bonds. The zero-order chi connectivity index (χ0) is 12.8. The van der Waals surface area contributed by atoms with E-state index in [1.54, 1.807) is 0 Å². The normalized spacial score (nSPS) is 10.2. The molecule has 0 saturated carbocycles. The van der Waals surface area contributed by atoms with Crippen LogP contribution < -0.4 is 21.1 Å². The number of anilines is 3. The summed E-state index contributed by atoms with van der Waals surface area (Å²) in [6, 6.07) is 0. The summed E-state index contributed by atoms with van der Waals surface area (Å²) in [5.74, 6) is 6.99. The van der Waals surface area contributed by atoms with Gasteiger partial charge in [0.05, 0.1) is 0 Å². The highest BCUT2D eigenvalue weighted by molar-refractivity contribution is 5.43. The average Bonchev–Trinajstić information content (AvgIpc) is 2.35. The summed E-state index contributed by atoms with van der Waals surface area (Å²) >= 11 is 0. The van der Waals surface area contributed by atoms with Crippen molar-refractivity contribution in [3.63, 3.8) is 0 Å². The molecule has 17 heavy (non-hydrogen) atoms. The van der Waals surface area contributed by atoms with Crippen LogP contribution in [0.25, 0.3) is 0 Å². The van der Waals surface area contributed by atoms with Gasteiger partial charge >= 0.3 is 0 Å². The Kier molecular flexibility index (Phi) is 4.89. The largest absolute Gasteiger partial charge is 0.347 e. The van der Waals surface area contributed by atoms with Gasteiger partial charge in [-0.1, -0.05) is 6.92 Å². The van der Waals surface area contributed by atoms with Gasteiger partial charge in [-0.05, 0) is 13.3 Å². The number of hydrazine groups is 1. The van der Waals surface area contributed by atoms with Crippen molar-refractivity contribution in [1.29, 1.82) is 0 Å². The number of nitrogen functional groups attached to an aromatic ring is 1. The van der Waals surface area contributed by atoms with Crippen LogP contribution >= 0.6 is 0 Å². The molecular formula is C10H21N7. The second kappa shape index (κ2) is 6.19. The van der Waals surface area contributed by atoms with Gasteiger partial charge in [-0.2, -0.15) is 15.0 Å². The predicted molar refractivity (Wildman–Crippen MR) is 70.1 cm³/mol. The van der Waals surface area contributed by atoms with Crippen LogP contribution in [0.1, 0.15) is 20.3 Å². The second-order valence-corrected chi connectivity index (χ2v) is 3.88. The predicted octanol–water partition coefficient (Wildman–Crippen LogP) is 0.460. The van der Waals surface area contributed by atoms with Crippen molar-refractivity contribution in [2.24, 2.45) is 5.84 Å². The number of nitrogens with zero attached hydrogens (tertiary/aromatic N) is 5. The zero-order valence-corrected chi connectivity index (χ0v) is 10.9. The molecule has 0 saturated heterocycles. The molecule has 0 spiro atoms. The minimum atomic E-state index is 0.383. The monoisotopic (exact) mass is 239 g/mol. The molecule has 0 bridgehead atoms. The fraction of sp³-hybridized carbons (Fsp3) is 0.700. The van der Waals surface area contributed by atoms with Crippen LogP contribution in [0.5, 0.6) is 0 Å². The van der Waals surface area contributed by atoms with Crippen LogP contribution in [0.3, 0.4) is 0 Å². The van der Waals surface area contributed by atoms with E-state index in [0.717, 1.165) is 19.5 Å². The molecule has 0 unspecified atom stereocenters. The smallest absolute Gasteiger partial charge is 0.243 e. The van der Waals surface area contributed by atoms with Crippen LogP contribution in [0.4, 0.5) is 17.8 Å². The molecule has 3 N–H and O–H groups in total. The van der Waals surface area contributed by atoms with E-state index in [-0.39, 0.29) is 0 Å². The van der Waals surface area contributed by atoms with E-state index in [1.807, 2.05) is 19.0 Å². The molecular weight excluding hydrogens is 218 g/mol. The second-order valence-electron chi connectivity index (χ2n) is 3.88. The molecule has 1 heterocycles. The minimum absolute atomic E-state index is 0.383. The van der Waals surface area contributed by atoms with E-state index < -0.39 is 0 Å². The van der Waals surface area contributed by atoms with Gasteiger partial charge in [0, 0.05) is 27.2 Å². The topological polar surface area (TPSA) is 83.2 Å². The number of nitrogens with one attached hydrogen (secondary N) is 1. The number of aromatic nitrogens is 3. The van der Waals surface area contributed by atoms with Gasteiger partial charge in [-0.3, -0.25) is 5.43 Å². The Morgan fingerprint density at radius 1 is 1.12 bits per heavy atom. The van der Waals surface area contributed by atoms with Crippen LogP contribution in [0.2, 0.25) is 0 Å². The summed E-state index contributed by atoms with van der Waals surface area (Å²) in [4.78, 5) is 16.8. The van der Waals surface area contributed by atoms with E-state index in [4.69, 9.17) is 5.84 Å². The zero-order valence-electron chi connectivity index (χ0n) is 10.9. The Morgan fingerprint density at radius 2 is 1.76 bits per heavy atom. The van der Waals surface area contributed by atoms with Gasteiger partial charge in [0.15, 0.2) is 0 Å². The molecule has 0 aliphatic carbocycles. The van der Waals surface area contributed by atoms with E-state index in [1.165, 1.54) is 0 Å². The van der Waals surface area contributed by atoms with Crippen molar-refractivity contribution >= 4 is 17.8 Å². The highest BCUT2D eigenvalue weighted by Gasteiger charge is 2.12. The lowest BCUT2D eigenvalue weighted by molar-refractivity contribution is 0.755. The van der Waals surface area contributed by atoms with E-state index in [0.29, 0.717) is 17.8 Å². The number of rotatable bonds is 6. The molecule has 7 nitrogen and oxygen atoms in total. The van der Waals surface area contributed by atoms with Gasteiger partial charge in [0.1, 0.15) is 0 Å². The maximum atomic E-state index is 5.36. The number of nitrogens with two attached hydrogens (primary N) is 1. The van der Waals surface area contributed by atoms with Crippen molar-refractivity contribution in [3.05, 3.63) is 0 Å². The van der Waals surface area contributed by atoms with E-state index in [2.05, 4.69) is 39.1 Å². The molecule has 1 rings (SSSR count). The first kappa shape index (κ1) is 13.4. The van der Waals surface area contributed by atoms with Gasteiger partial charge in [-0.25, -0.2) is 5.84 Å². The van der Waals surface area contributed by atoms with Gasteiger partial charge in [0.25, 0.3) is 0 Å². The highest BCUT2D eigenvalue weighted by Crippen LogP contribution is 2.14. The molecule has 7 heteroatoms. The standard InChI is InChI=1S/C10H21N7/c1-5-7-17(6-2)10-13-8(15-11)12-9(14-10)16(3)4/h5-7,11H2,1-4H3,(H,12,13,14,15). The SMILES string of the molecule is CCCN(CC)c1nc(NN)nc(N(C)C)n1. The van der Waals surface area contributed by atoms with Gasteiger partial charge in [0.2, 0.25) is 17.8 Å². The maximum Gasteiger partial charge on any atom is 0.243 e. The lowest BCUT2D eigenvalue weighted by Crippen LogP contribution is -2.28.